The Bertz CT molecular complexity index is 1110. The second kappa shape index (κ2) is 7.72. The third-order valence-electron chi connectivity index (χ3n) is 5.17. The van der Waals surface area contributed by atoms with Crippen molar-refractivity contribution in [3.05, 3.63) is 74.9 Å². The fourth-order valence-corrected chi connectivity index (χ4v) is 3.99. The van der Waals surface area contributed by atoms with Gasteiger partial charge in [-0.3, -0.25) is 9.59 Å². The number of hydrogen-bond acceptors (Lipinski definition) is 3. The molecule has 0 saturated heterocycles. The van der Waals surface area contributed by atoms with Gasteiger partial charge in [-0.15, -0.1) is 0 Å². The number of hydrogen-bond donors (Lipinski definition) is 1. The first kappa shape index (κ1) is 18.6. The Morgan fingerprint density at radius 2 is 1.89 bits per heavy atom. The summed E-state index contributed by atoms with van der Waals surface area (Å²) in [5, 5.41) is 8.72. The molecule has 144 valence electrons. The van der Waals surface area contributed by atoms with E-state index in [1.807, 2.05) is 18.2 Å². The van der Waals surface area contributed by atoms with Crippen molar-refractivity contribution in [2.75, 3.05) is 0 Å². The lowest BCUT2D eigenvalue weighted by Crippen LogP contribution is -2.30. The molecule has 28 heavy (non-hydrogen) atoms. The van der Waals surface area contributed by atoms with E-state index in [1.54, 1.807) is 10.7 Å². The van der Waals surface area contributed by atoms with Crippen molar-refractivity contribution in [1.29, 1.82) is 0 Å². The molecule has 3 aromatic rings. The highest BCUT2D eigenvalue weighted by molar-refractivity contribution is 6.33. The van der Waals surface area contributed by atoms with Gasteiger partial charge in [0, 0.05) is 5.39 Å². The Morgan fingerprint density at radius 3 is 2.61 bits per heavy atom. The minimum absolute atomic E-state index is 0.0474. The van der Waals surface area contributed by atoms with Crippen molar-refractivity contribution in [3.63, 3.8) is 0 Å². The van der Waals surface area contributed by atoms with Gasteiger partial charge in [0.2, 0.25) is 0 Å². The molecule has 2 aromatic carbocycles. The van der Waals surface area contributed by atoms with Crippen LogP contribution >= 0.6 is 11.6 Å². The Balaban J connectivity index is 1.67. The molecule has 1 aliphatic rings. The highest BCUT2D eigenvalue weighted by Gasteiger charge is 2.21. The van der Waals surface area contributed by atoms with Gasteiger partial charge in [-0.25, -0.2) is 9.07 Å². The predicted molar refractivity (Wildman–Crippen MR) is 106 cm³/mol. The first-order chi connectivity index (χ1) is 13.5. The van der Waals surface area contributed by atoms with E-state index in [9.17, 15) is 14.0 Å². The number of amides is 1. The summed E-state index contributed by atoms with van der Waals surface area (Å²) >= 11 is 5.97. The summed E-state index contributed by atoms with van der Waals surface area (Å²) in [5.41, 5.74) is 0.712. The lowest BCUT2D eigenvalue weighted by molar-refractivity contribution is 0.0950. The van der Waals surface area contributed by atoms with Gasteiger partial charge in [0.05, 0.1) is 34.3 Å². The molecule has 1 aromatic heterocycles. The Kier molecular flexibility index (Phi) is 5.13. The number of halogens is 2. The summed E-state index contributed by atoms with van der Waals surface area (Å²) in [6.45, 7) is 0.139. The van der Waals surface area contributed by atoms with E-state index in [0.717, 1.165) is 31.7 Å². The van der Waals surface area contributed by atoms with E-state index in [0.29, 0.717) is 16.5 Å². The topological polar surface area (TPSA) is 64.0 Å². The molecule has 1 fully saturated rings. The second-order valence-electron chi connectivity index (χ2n) is 6.99. The molecule has 0 unspecified atom stereocenters. The fraction of sp³-hybridized carbons (Fsp3) is 0.286. The van der Waals surface area contributed by atoms with E-state index < -0.39 is 11.7 Å². The van der Waals surface area contributed by atoms with E-state index in [4.69, 9.17) is 11.6 Å². The molecule has 0 spiro atoms. The van der Waals surface area contributed by atoms with Crippen LogP contribution in [0, 0.1) is 5.82 Å². The number of aromatic nitrogens is 2. The number of nitrogens with zero attached hydrogens (tertiary/aromatic N) is 2. The molecule has 1 aliphatic carbocycles. The molecule has 1 amide bonds. The van der Waals surface area contributed by atoms with E-state index >= 15 is 0 Å². The van der Waals surface area contributed by atoms with E-state index in [-0.39, 0.29) is 28.7 Å². The largest absolute Gasteiger partial charge is 0.346 e. The SMILES string of the molecule is O=C(NCc1nn(C2CCCC2)c(=O)c2ccccc12)c1ccc(F)cc1Cl. The third-order valence-corrected chi connectivity index (χ3v) is 5.48. The van der Waals surface area contributed by atoms with Crippen LogP contribution in [-0.2, 0) is 6.54 Å². The number of carbonyl (C=O) groups excluding carboxylic acids is 1. The number of rotatable bonds is 4. The predicted octanol–water partition coefficient (Wildman–Crippen LogP) is 4.23. The van der Waals surface area contributed by atoms with Crippen LogP contribution < -0.4 is 10.9 Å². The quantitative estimate of drug-likeness (QED) is 0.713. The van der Waals surface area contributed by atoms with Gasteiger partial charge in [-0.2, -0.15) is 5.10 Å². The highest BCUT2D eigenvalue weighted by atomic mass is 35.5. The monoisotopic (exact) mass is 399 g/mol. The van der Waals surface area contributed by atoms with Gasteiger partial charge in [-0.1, -0.05) is 42.6 Å². The zero-order chi connectivity index (χ0) is 19.7. The van der Waals surface area contributed by atoms with Gasteiger partial charge in [-0.05, 0) is 37.1 Å². The molecule has 1 saturated carbocycles. The number of carbonyl (C=O) groups is 1. The molecule has 0 bridgehead atoms. The van der Waals surface area contributed by atoms with Gasteiger partial charge >= 0.3 is 0 Å². The second-order valence-corrected chi connectivity index (χ2v) is 7.39. The Morgan fingerprint density at radius 1 is 1.18 bits per heavy atom. The number of nitrogens with one attached hydrogen (secondary N) is 1. The average molecular weight is 400 g/mol. The van der Waals surface area contributed by atoms with Crippen LogP contribution in [0.25, 0.3) is 10.8 Å². The van der Waals surface area contributed by atoms with Crippen LogP contribution in [0.5, 0.6) is 0 Å². The Hall–Kier alpha value is -2.73. The Labute approximate surface area is 166 Å². The molecule has 7 heteroatoms. The van der Waals surface area contributed by atoms with Gasteiger partial charge in [0.1, 0.15) is 5.82 Å². The first-order valence-corrected chi connectivity index (χ1v) is 9.66. The summed E-state index contributed by atoms with van der Waals surface area (Å²) in [4.78, 5) is 25.3. The normalized spacial score (nSPS) is 14.5. The fourth-order valence-electron chi connectivity index (χ4n) is 3.73. The van der Waals surface area contributed by atoms with Crippen molar-refractivity contribution in [1.82, 2.24) is 15.1 Å². The number of benzene rings is 2. The van der Waals surface area contributed by atoms with Gasteiger partial charge < -0.3 is 5.32 Å². The molecular formula is C21H19ClFN3O2. The van der Waals surface area contributed by atoms with Crippen LogP contribution in [0.15, 0.2) is 47.3 Å². The van der Waals surface area contributed by atoms with Crippen molar-refractivity contribution in [2.45, 2.75) is 38.3 Å². The lowest BCUT2D eigenvalue weighted by atomic mass is 10.1. The van der Waals surface area contributed by atoms with Crippen molar-refractivity contribution in [3.8, 4) is 0 Å². The third kappa shape index (κ3) is 3.52. The maximum atomic E-state index is 13.2. The van der Waals surface area contributed by atoms with Crippen molar-refractivity contribution >= 4 is 28.3 Å². The average Bonchev–Trinajstić information content (AvgIpc) is 3.22. The molecule has 0 radical (unpaired) electrons. The van der Waals surface area contributed by atoms with Crippen LogP contribution in [0.1, 0.15) is 47.8 Å². The molecule has 1 heterocycles. The molecular weight excluding hydrogens is 381 g/mol. The minimum Gasteiger partial charge on any atom is -0.346 e. The molecule has 1 N–H and O–H groups in total. The maximum Gasteiger partial charge on any atom is 0.274 e. The number of fused-ring (bicyclic) bond motifs is 1. The van der Waals surface area contributed by atoms with E-state index in [1.165, 1.54) is 12.1 Å². The van der Waals surface area contributed by atoms with Crippen LogP contribution in [-0.4, -0.2) is 15.7 Å². The molecule has 0 aliphatic heterocycles. The smallest absolute Gasteiger partial charge is 0.274 e. The lowest BCUT2D eigenvalue weighted by Gasteiger charge is -2.16. The summed E-state index contributed by atoms with van der Waals surface area (Å²) < 4.78 is 14.8. The molecule has 4 rings (SSSR count). The van der Waals surface area contributed by atoms with E-state index in [2.05, 4.69) is 10.4 Å². The summed E-state index contributed by atoms with van der Waals surface area (Å²) in [7, 11) is 0. The van der Waals surface area contributed by atoms with Crippen molar-refractivity contribution in [2.24, 2.45) is 0 Å². The van der Waals surface area contributed by atoms with Crippen LogP contribution in [0.3, 0.4) is 0 Å². The summed E-state index contributed by atoms with van der Waals surface area (Å²) in [6, 6.07) is 11.0. The first-order valence-electron chi connectivity index (χ1n) is 9.28. The van der Waals surface area contributed by atoms with Gasteiger partial charge in [0.15, 0.2) is 0 Å². The van der Waals surface area contributed by atoms with Crippen LogP contribution in [0.2, 0.25) is 5.02 Å². The minimum atomic E-state index is -0.502. The zero-order valence-electron chi connectivity index (χ0n) is 15.1. The maximum absolute atomic E-state index is 13.2. The zero-order valence-corrected chi connectivity index (χ0v) is 15.9. The molecule has 0 atom stereocenters. The standard InChI is InChI=1S/C21H19ClFN3O2/c22-18-11-13(23)9-10-17(18)20(27)24-12-19-15-7-3-4-8-16(15)21(28)26(25-19)14-5-1-2-6-14/h3-4,7-11,14H,1-2,5-6,12H2,(H,24,27). The van der Waals surface area contributed by atoms with Crippen molar-refractivity contribution < 1.29 is 9.18 Å². The summed E-state index contributed by atoms with van der Waals surface area (Å²) in [6.07, 6.45) is 4.03. The van der Waals surface area contributed by atoms with Gasteiger partial charge in [0.25, 0.3) is 11.5 Å². The molecule has 5 nitrogen and oxygen atoms in total. The van der Waals surface area contributed by atoms with Crippen LogP contribution in [0.4, 0.5) is 4.39 Å². The summed E-state index contributed by atoms with van der Waals surface area (Å²) in [5.74, 6) is -0.924. The highest BCUT2D eigenvalue weighted by Crippen LogP contribution is 2.28.